The average Bonchev–Trinajstić information content (AvgIpc) is 2.11. The van der Waals surface area contributed by atoms with Crippen molar-refractivity contribution in [1.82, 2.24) is 0 Å². The zero-order valence-corrected chi connectivity index (χ0v) is 11.3. The number of hydrogen-bond donors (Lipinski definition) is 0. The Balaban J connectivity index is 3.40. The highest BCUT2D eigenvalue weighted by Gasteiger charge is 2.17. The van der Waals surface area contributed by atoms with Gasteiger partial charge in [-0.25, -0.2) is 0 Å². The molecule has 15 heavy (non-hydrogen) atoms. The molecule has 0 saturated carbocycles. The molecule has 1 rings (SSSR count). The SMILES string of the molecule is CCCc1c(P(C)(C)=O)ccc(C)c1C. The van der Waals surface area contributed by atoms with Crippen molar-refractivity contribution in [3.05, 3.63) is 28.8 Å². The largest absolute Gasteiger partial charge is 0.319 e. The minimum absolute atomic E-state index is 1.04. The fourth-order valence-electron chi connectivity index (χ4n) is 1.93. The predicted molar refractivity (Wildman–Crippen MR) is 69.0 cm³/mol. The molecule has 1 nitrogen and oxygen atoms in total. The van der Waals surface area contributed by atoms with Gasteiger partial charge in [0.25, 0.3) is 0 Å². The lowest BCUT2D eigenvalue weighted by Crippen LogP contribution is -2.13. The van der Waals surface area contributed by atoms with E-state index in [1.165, 1.54) is 16.7 Å². The van der Waals surface area contributed by atoms with Crippen LogP contribution in [-0.2, 0) is 11.0 Å². The first-order valence-electron chi connectivity index (χ1n) is 5.52. The number of rotatable bonds is 3. The van der Waals surface area contributed by atoms with Crippen LogP contribution in [0.5, 0.6) is 0 Å². The molecule has 0 saturated heterocycles. The molecule has 0 aromatic heterocycles. The van der Waals surface area contributed by atoms with Crippen molar-refractivity contribution in [2.45, 2.75) is 33.6 Å². The van der Waals surface area contributed by atoms with Gasteiger partial charge < -0.3 is 4.57 Å². The molecule has 0 N–H and O–H groups in total. The first-order chi connectivity index (χ1) is 6.88. The molecule has 0 unspecified atom stereocenters. The standard InChI is InChI=1S/C13H21OP/c1-6-7-12-11(3)10(2)8-9-13(12)15(4,5)14/h8-9H,6-7H2,1-5H3. The summed E-state index contributed by atoms with van der Waals surface area (Å²) in [5.74, 6) is 0. The summed E-state index contributed by atoms with van der Waals surface area (Å²) in [4.78, 5) is 0. The maximum atomic E-state index is 12.2. The number of hydrogen-bond acceptors (Lipinski definition) is 1. The van der Waals surface area contributed by atoms with Crippen molar-refractivity contribution < 1.29 is 4.57 Å². The molecule has 1 aromatic carbocycles. The van der Waals surface area contributed by atoms with Crippen molar-refractivity contribution in [2.75, 3.05) is 13.3 Å². The molecular formula is C13H21OP. The van der Waals surface area contributed by atoms with Gasteiger partial charge in [-0.2, -0.15) is 0 Å². The van der Waals surface area contributed by atoms with Crippen LogP contribution in [0, 0.1) is 13.8 Å². The summed E-state index contributed by atoms with van der Waals surface area (Å²) in [6.45, 7) is 10.1. The van der Waals surface area contributed by atoms with E-state index in [0.29, 0.717) is 0 Å². The highest BCUT2D eigenvalue weighted by Crippen LogP contribution is 2.37. The zero-order chi connectivity index (χ0) is 11.6. The number of benzene rings is 1. The van der Waals surface area contributed by atoms with E-state index in [4.69, 9.17) is 0 Å². The van der Waals surface area contributed by atoms with E-state index in [0.717, 1.165) is 18.1 Å². The van der Waals surface area contributed by atoms with Crippen LogP contribution in [0.1, 0.15) is 30.0 Å². The Bertz CT molecular complexity index is 401. The summed E-state index contributed by atoms with van der Waals surface area (Å²) >= 11 is 0. The molecule has 0 radical (unpaired) electrons. The quantitative estimate of drug-likeness (QED) is 0.718. The molecule has 0 heterocycles. The van der Waals surface area contributed by atoms with E-state index in [-0.39, 0.29) is 0 Å². The maximum Gasteiger partial charge on any atom is 0.110 e. The van der Waals surface area contributed by atoms with Crippen LogP contribution in [0.2, 0.25) is 0 Å². The first kappa shape index (κ1) is 12.5. The molecule has 0 atom stereocenters. The van der Waals surface area contributed by atoms with Gasteiger partial charge in [-0.3, -0.25) is 0 Å². The molecule has 0 spiro atoms. The van der Waals surface area contributed by atoms with Crippen molar-refractivity contribution in [2.24, 2.45) is 0 Å². The second-order valence-electron chi connectivity index (χ2n) is 4.61. The third kappa shape index (κ3) is 2.72. The van der Waals surface area contributed by atoms with Gasteiger partial charge >= 0.3 is 0 Å². The van der Waals surface area contributed by atoms with Gasteiger partial charge in [0.15, 0.2) is 0 Å². The van der Waals surface area contributed by atoms with Crippen LogP contribution < -0.4 is 5.30 Å². The van der Waals surface area contributed by atoms with E-state index in [9.17, 15) is 4.57 Å². The molecule has 0 fully saturated rings. The van der Waals surface area contributed by atoms with Crippen molar-refractivity contribution in [3.63, 3.8) is 0 Å². The second-order valence-corrected chi connectivity index (χ2v) is 7.79. The van der Waals surface area contributed by atoms with Crippen molar-refractivity contribution in [3.8, 4) is 0 Å². The van der Waals surface area contributed by atoms with E-state index in [2.05, 4.69) is 26.8 Å². The predicted octanol–water partition coefficient (Wildman–Crippen LogP) is 3.50. The van der Waals surface area contributed by atoms with Gasteiger partial charge in [-0.05, 0) is 50.3 Å². The Kier molecular flexibility index (Phi) is 3.78. The third-order valence-corrected chi connectivity index (χ3v) is 4.50. The summed E-state index contributed by atoms with van der Waals surface area (Å²) < 4.78 is 12.2. The first-order valence-corrected chi connectivity index (χ1v) is 8.12. The fourth-order valence-corrected chi connectivity index (χ4v) is 3.29. The summed E-state index contributed by atoms with van der Waals surface area (Å²) in [7, 11) is -2.13. The van der Waals surface area contributed by atoms with E-state index in [1.807, 2.05) is 19.4 Å². The fraction of sp³-hybridized carbons (Fsp3) is 0.538. The molecule has 0 bridgehead atoms. The summed E-state index contributed by atoms with van der Waals surface area (Å²) in [6, 6.07) is 4.14. The van der Waals surface area contributed by atoms with Gasteiger partial charge in [0.1, 0.15) is 7.14 Å². The molecule has 0 amide bonds. The normalized spacial score (nSPS) is 11.8. The minimum Gasteiger partial charge on any atom is -0.319 e. The van der Waals surface area contributed by atoms with Crippen molar-refractivity contribution >= 4 is 12.4 Å². The van der Waals surface area contributed by atoms with Crippen LogP contribution in [-0.4, -0.2) is 13.3 Å². The molecule has 2 heteroatoms. The topological polar surface area (TPSA) is 17.1 Å². The minimum atomic E-state index is -2.13. The Morgan fingerprint density at radius 3 is 2.27 bits per heavy atom. The lowest BCUT2D eigenvalue weighted by atomic mass is 10.00. The van der Waals surface area contributed by atoms with Crippen LogP contribution in [0.3, 0.4) is 0 Å². The molecule has 0 aliphatic rings. The van der Waals surface area contributed by atoms with Crippen LogP contribution in [0.4, 0.5) is 0 Å². The lowest BCUT2D eigenvalue weighted by Gasteiger charge is -2.17. The van der Waals surface area contributed by atoms with E-state index >= 15 is 0 Å². The lowest BCUT2D eigenvalue weighted by molar-refractivity contribution is 0.588. The van der Waals surface area contributed by atoms with E-state index < -0.39 is 7.14 Å². The van der Waals surface area contributed by atoms with Gasteiger partial charge in [-0.15, -0.1) is 0 Å². The maximum absolute atomic E-state index is 12.2. The van der Waals surface area contributed by atoms with Crippen LogP contribution >= 0.6 is 7.14 Å². The molecule has 84 valence electrons. The summed E-state index contributed by atoms with van der Waals surface area (Å²) in [6.07, 6.45) is 2.14. The molecular weight excluding hydrogens is 203 g/mol. The summed E-state index contributed by atoms with van der Waals surface area (Å²) in [5.41, 5.74) is 3.93. The Hall–Kier alpha value is -0.550. The van der Waals surface area contributed by atoms with E-state index in [1.54, 1.807) is 0 Å². The molecule has 0 aliphatic heterocycles. The average molecular weight is 224 g/mol. The van der Waals surface area contributed by atoms with Gasteiger partial charge in [0.05, 0.1) is 0 Å². The number of aryl methyl sites for hydroxylation is 1. The van der Waals surface area contributed by atoms with Crippen LogP contribution in [0.25, 0.3) is 0 Å². The Morgan fingerprint density at radius 2 is 1.80 bits per heavy atom. The Morgan fingerprint density at radius 1 is 1.20 bits per heavy atom. The van der Waals surface area contributed by atoms with Gasteiger partial charge in [0, 0.05) is 5.30 Å². The molecule has 0 aliphatic carbocycles. The zero-order valence-electron chi connectivity index (χ0n) is 10.4. The van der Waals surface area contributed by atoms with Gasteiger partial charge in [0.2, 0.25) is 0 Å². The van der Waals surface area contributed by atoms with Crippen molar-refractivity contribution in [1.29, 1.82) is 0 Å². The smallest absolute Gasteiger partial charge is 0.110 e. The van der Waals surface area contributed by atoms with Crippen LogP contribution in [0.15, 0.2) is 12.1 Å². The monoisotopic (exact) mass is 224 g/mol. The second kappa shape index (κ2) is 4.53. The Labute approximate surface area is 93.3 Å². The van der Waals surface area contributed by atoms with Gasteiger partial charge in [-0.1, -0.05) is 25.5 Å². The highest BCUT2D eigenvalue weighted by molar-refractivity contribution is 7.70. The third-order valence-electron chi connectivity index (χ3n) is 2.92. The molecule has 1 aromatic rings. The summed E-state index contributed by atoms with van der Waals surface area (Å²) in [5, 5.41) is 1.08. The highest BCUT2D eigenvalue weighted by atomic mass is 31.2.